The van der Waals surface area contributed by atoms with E-state index in [4.69, 9.17) is 16.3 Å². The third-order valence-electron chi connectivity index (χ3n) is 6.21. The van der Waals surface area contributed by atoms with E-state index in [1.54, 1.807) is 37.3 Å². The zero-order valence-electron chi connectivity index (χ0n) is 22.3. The van der Waals surface area contributed by atoms with E-state index in [0.717, 1.165) is 22.7 Å². The molecule has 39 heavy (non-hydrogen) atoms. The van der Waals surface area contributed by atoms with Gasteiger partial charge in [-0.15, -0.1) is 0 Å². The van der Waals surface area contributed by atoms with Crippen molar-refractivity contribution in [2.24, 2.45) is 0 Å². The Morgan fingerprint density at radius 2 is 1.64 bits per heavy atom. The van der Waals surface area contributed by atoms with Gasteiger partial charge in [-0.1, -0.05) is 73.5 Å². The molecule has 0 aliphatic rings. The molecule has 0 aromatic heterocycles. The van der Waals surface area contributed by atoms with Crippen LogP contribution in [0.4, 0.5) is 5.69 Å². The summed E-state index contributed by atoms with van der Waals surface area (Å²) in [5.41, 5.74) is 0.916. The molecule has 0 saturated carbocycles. The van der Waals surface area contributed by atoms with E-state index in [0.29, 0.717) is 6.54 Å². The summed E-state index contributed by atoms with van der Waals surface area (Å²) < 4.78 is 34.2. The topological polar surface area (TPSA) is 96.0 Å². The summed E-state index contributed by atoms with van der Waals surface area (Å²) >= 11 is 6.25. The highest BCUT2D eigenvalue weighted by Crippen LogP contribution is 2.35. The maximum atomic E-state index is 13.9. The number of amides is 2. The predicted octanol–water partition coefficient (Wildman–Crippen LogP) is 4.88. The van der Waals surface area contributed by atoms with Crippen molar-refractivity contribution in [2.75, 3.05) is 24.5 Å². The first kappa shape index (κ1) is 30.0. The van der Waals surface area contributed by atoms with Gasteiger partial charge in [0.2, 0.25) is 11.8 Å². The molecule has 10 heteroatoms. The quantitative estimate of drug-likeness (QED) is 0.295. The molecule has 0 radical (unpaired) electrons. The fourth-order valence-electron chi connectivity index (χ4n) is 3.99. The van der Waals surface area contributed by atoms with Gasteiger partial charge in [0.15, 0.2) is 0 Å². The van der Waals surface area contributed by atoms with Crippen molar-refractivity contribution in [3.05, 3.63) is 89.4 Å². The number of hydrogen-bond donors (Lipinski definition) is 1. The van der Waals surface area contributed by atoms with Crippen molar-refractivity contribution >= 4 is 39.1 Å². The highest BCUT2D eigenvalue weighted by molar-refractivity contribution is 7.92. The number of nitrogens with one attached hydrogen (secondary N) is 1. The van der Waals surface area contributed by atoms with Crippen molar-refractivity contribution in [1.29, 1.82) is 0 Å². The SMILES string of the molecule is CCCCNC(=O)[C@H](C)N(Cc1ccccc1)C(=O)CN(c1cc(Cl)ccc1OC)S(=O)(=O)c1ccccc1. The summed E-state index contributed by atoms with van der Waals surface area (Å²) in [6, 6.07) is 20.8. The summed E-state index contributed by atoms with van der Waals surface area (Å²) in [4.78, 5) is 28.3. The number of halogens is 1. The molecule has 0 unspecified atom stereocenters. The average molecular weight is 572 g/mol. The van der Waals surface area contributed by atoms with Crippen LogP contribution in [0.3, 0.4) is 0 Å². The van der Waals surface area contributed by atoms with Crippen LogP contribution < -0.4 is 14.4 Å². The minimum Gasteiger partial charge on any atom is -0.495 e. The Bertz CT molecular complexity index is 1350. The predicted molar refractivity (Wildman–Crippen MR) is 153 cm³/mol. The molecule has 0 bridgehead atoms. The molecular weight excluding hydrogens is 538 g/mol. The summed E-state index contributed by atoms with van der Waals surface area (Å²) in [7, 11) is -2.81. The lowest BCUT2D eigenvalue weighted by molar-refractivity contribution is -0.139. The number of rotatable bonds is 13. The molecule has 1 N–H and O–H groups in total. The van der Waals surface area contributed by atoms with Gasteiger partial charge in [0.05, 0.1) is 17.7 Å². The second-order valence-corrected chi connectivity index (χ2v) is 11.3. The zero-order valence-corrected chi connectivity index (χ0v) is 23.9. The number of benzene rings is 3. The van der Waals surface area contributed by atoms with Crippen molar-refractivity contribution in [1.82, 2.24) is 10.2 Å². The van der Waals surface area contributed by atoms with Gasteiger partial charge < -0.3 is 15.0 Å². The Hall–Kier alpha value is -3.56. The van der Waals surface area contributed by atoms with Crippen molar-refractivity contribution < 1.29 is 22.7 Å². The standard InChI is InChI=1S/C29H34ClN3O5S/c1-4-5-18-31-29(35)22(2)32(20-23-12-8-6-9-13-23)28(34)21-33(26-19-24(30)16-17-27(26)38-3)39(36,37)25-14-10-7-11-15-25/h6-17,19,22H,4-5,18,20-21H2,1-3H3,(H,31,35)/t22-/m0/s1. The molecule has 1 atom stereocenters. The molecule has 8 nitrogen and oxygen atoms in total. The van der Waals surface area contributed by atoms with E-state index in [1.165, 1.54) is 30.2 Å². The van der Waals surface area contributed by atoms with Crippen LogP contribution in [-0.2, 0) is 26.2 Å². The monoisotopic (exact) mass is 571 g/mol. The number of methoxy groups -OCH3 is 1. The summed E-state index contributed by atoms with van der Waals surface area (Å²) in [6.07, 6.45) is 1.72. The Balaban J connectivity index is 2.04. The Kier molecular flexibility index (Phi) is 10.8. The number of hydrogen-bond acceptors (Lipinski definition) is 5. The zero-order chi connectivity index (χ0) is 28.4. The van der Waals surface area contributed by atoms with Crippen molar-refractivity contribution in [3.63, 3.8) is 0 Å². The summed E-state index contributed by atoms with van der Waals surface area (Å²) in [5, 5.41) is 3.14. The molecule has 0 aliphatic carbocycles. The van der Waals surface area contributed by atoms with Crippen molar-refractivity contribution in [3.8, 4) is 5.75 Å². The van der Waals surface area contributed by atoms with E-state index in [2.05, 4.69) is 5.32 Å². The lowest BCUT2D eigenvalue weighted by Crippen LogP contribution is -2.51. The van der Waals surface area contributed by atoms with Crippen LogP contribution in [0.2, 0.25) is 5.02 Å². The lowest BCUT2D eigenvalue weighted by Gasteiger charge is -2.32. The molecule has 208 valence electrons. The first-order valence-electron chi connectivity index (χ1n) is 12.7. The number of ether oxygens (including phenoxy) is 1. The minimum atomic E-state index is -4.22. The third-order valence-corrected chi connectivity index (χ3v) is 8.22. The number of nitrogens with zero attached hydrogens (tertiary/aromatic N) is 2. The fraction of sp³-hybridized carbons (Fsp3) is 0.310. The number of unbranched alkanes of at least 4 members (excludes halogenated alkanes) is 1. The number of carbonyl (C=O) groups is 2. The molecule has 0 fully saturated rings. The first-order chi connectivity index (χ1) is 18.7. The highest BCUT2D eigenvalue weighted by Gasteiger charge is 2.33. The molecule has 3 rings (SSSR count). The third kappa shape index (κ3) is 7.74. The smallest absolute Gasteiger partial charge is 0.264 e. The molecule has 3 aromatic carbocycles. The Morgan fingerprint density at radius 1 is 1.00 bits per heavy atom. The van der Waals surface area contributed by atoms with Crippen LogP contribution in [0.1, 0.15) is 32.3 Å². The van der Waals surface area contributed by atoms with Gasteiger partial charge in [0.25, 0.3) is 10.0 Å². The maximum absolute atomic E-state index is 13.9. The lowest BCUT2D eigenvalue weighted by atomic mass is 10.1. The van der Waals surface area contributed by atoms with Crippen LogP contribution in [-0.4, -0.2) is 51.4 Å². The van der Waals surface area contributed by atoms with Gasteiger partial charge in [-0.3, -0.25) is 13.9 Å². The Morgan fingerprint density at radius 3 is 2.26 bits per heavy atom. The van der Waals surface area contributed by atoms with Crippen LogP contribution in [0.15, 0.2) is 83.8 Å². The van der Waals surface area contributed by atoms with Gasteiger partial charge in [-0.2, -0.15) is 0 Å². The Labute approximate surface area is 235 Å². The van der Waals surface area contributed by atoms with Gasteiger partial charge in [-0.25, -0.2) is 8.42 Å². The molecule has 2 amide bonds. The average Bonchev–Trinajstić information content (AvgIpc) is 2.95. The maximum Gasteiger partial charge on any atom is 0.264 e. The number of sulfonamides is 1. The minimum absolute atomic E-state index is 0.000190. The molecule has 3 aromatic rings. The van der Waals surface area contributed by atoms with E-state index in [9.17, 15) is 18.0 Å². The second kappa shape index (κ2) is 14.0. The summed E-state index contributed by atoms with van der Waals surface area (Å²) in [5.74, 6) is -0.643. The molecule has 0 spiro atoms. The van der Waals surface area contributed by atoms with Gasteiger partial charge in [0.1, 0.15) is 18.3 Å². The van der Waals surface area contributed by atoms with E-state index in [-0.39, 0.29) is 33.8 Å². The first-order valence-corrected chi connectivity index (χ1v) is 14.5. The van der Waals surface area contributed by atoms with Crippen LogP contribution in [0.25, 0.3) is 0 Å². The molecule has 0 heterocycles. The molecule has 0 aliphatic heterocycles. The largest absolute Gasteiger partial charge is 0.495 e. The van der Waals surface area contributed by atoms with Gasteiger partial charge in [-0.05, 0) is 49.2 Å². The van der Waals surface area contributed by atoms with Gasteiger partial charge in [0, 0.05) is 18.1 Å². The second-order valence-electron chi connectivity index (χ2n) is 8.97. The van der Waals surface area contributed by atoms with E-state index >= 15 is 0 Å². The highest BCUT2D eigenvalue weighted by atomic mass is 35.5. The van der Waals surface area contributed by atoms with Gasteiger partial charge >= 0.3 is 0 Å². The van der Waals surface area contributed by atoms with Crippen LogP contribution in [0.5, 0.6) is 5.75 Å². The van der Waals surface area contributed by atoms with Crippen LogP contribution in [0, 0.1) is 0 Å². The number of carbonyl (C=O) groups excluding carboxylic acids is 2. The number of anilines is 1. The van der Waals surface area contributed by atoms with E-state index < -0.39 is 28.5 Å². The fourth-order valence-corrected chi connectivity index (χ4v) is 5.59. The van der Waals surface area contributed by atoms with E-state index in [1.807, 2.05) is 37.3 Å². The summed E-state index contributed by atoms with van der Waals surface area (Å²) in [6.45, 7) is 3.69. The normalized spacial score (nSPS) is 11.9. The molecular formula is C29H34ClN3O5S. The molecule has 0 saturated heterocycles. The van der Waals surface area contributed by atoms with Crippen molar-refractivity contribution in [2.45, 2.75) is 44.2 Å². The van der Waals surface area contributed by atoms with Crippen LogP contribution >= 0.6 is 11.6 Å².